The zero-order valence-electron chi connectivity index (χ0n) is 23.9. The molecule has 1 aromatic carbocycles. The smallest absolute Gasteiger partial charge is 0.269 e. The standard InChI is InChI=1S/C33H42F2N2O/c1-21-17-23-12-15-28-26(27(23)18-21)9-8-16-37(28)25-13-10-22(11-14-25)29(33(6,34)35)36(7)30(38)24-19-32(5,20-24)31(2,3)4/h10-15,17-18,24,27,29H,8-9,16,19-20H2,1-7H3/t24?,27?,29-,32?/m0/s1. The van der Waals surface area contributed by atoms with Gasteiger partial charge in [0.05, 0.1) is 0 Å². The minimum Gasteiger partial charge on any atom is -0.341 e. The largest absolute Gasteiger partial charge is 0.341 e. The van der Waals surface area contributed by atoms with Crippen molar-refractivity contribution in [1.82, 2.24) is 4.90 Å². The van der Waals surface area contributed by atoms with Crippen molar-refractivity contribution in [2.45, 2.75) is 79.2 Å². The maximum absolute atomic E-state index is 15.0. The van der Waals surface area contributed by atoms with Gasteiger partial charge in [-0.25, -0.2) is 8.78 Å². The number of anilines is 1. The number of rotatable bonds is 5. The summed E-state index contributed by atoms with van der Waals surface area (Å²) in [6.45, 7) is 12.7. The summed E-state index contributed by atoms with van der Waals surface area (Å²) >= 11 is 0. The number of fused-ring (bicyclic) bond motifs is 2. The van der Waals surface area contributed by atoms with E-state index in [4.69, 9.17) is 0 Å². The van der Waals surface area contributed by atoms with Crippen LogP contribution in [0.1, 0.15) is 78.8 Å². The minimum absolute atomic E-state index is 0.0547. The van der Waals surface area contributed by atoms with Gasteiger partial charge >= 0.3 is 0 Å². The molecule has 1 aliphatic heterocycles. The number of allylic oxidation sites excluding steroid dienone is 7. The molecular weight excluding hydrogens is 478 g/mol. The summed E-state index contributed by atoms with van der Waals surface area (Å²) in [7, 11) is 1.54. The number of carbonyl (C=O) groups is 1. The van der Waals surface area contributed by atoms with Crippen LogP contribution in [-0.2, 0) is 4.79 Å². The molecule has 1 fully saturated rings. The van der Waals surface area contributed by atoms with E-state index in [1.165, 1.54) is 27.3 Å². The average molecular weight is 521 g/mol. The van der Waals surface area contributed by atoms with Crippen molar-refractivity contribution in [3.63, 3.8) is 0 Å². The number of halogens is 2. The van der Waals surface area contributed by atoms with E-state index in [1.54, 1.807) is 19.2 Å². The second-order valence-corrected chi connectivity index (χ2v) is 13.3. The molecule has 1 unspecified atom stereocenters. The van der Waals surface area contributed by atoms with Crippen molar-refractivity contribution in [1.29, 1.82) is 0 Å². The lowest BCUT2D eigenvalue weighted by atomic mass is 9.52. The number of amides is 1. The van der Waals surface area contributed by atoms with Crippen molar-refractivity contribution in [3.8, 4) is 0 Å². The molecule has 4 aliphatic rings. The van der Waals surface area contributed by atoms with Crippen LogP contribution in [0.5, 0.6) is 0 Å². The highest BCUT2D eigenvalue weighted by Gasteiger charge is 2.52. The van der Waals surface area contributed by atoms with Gasteiger partial charge in [0.1, 0.15) is 6.04 Å². The monoisotopic (exact) mass is 520 g/mol. The summed E-state index contributed by atoms with van der Waals surface area (Å²) in [5, 5.41) is 0. The second-order valence-electron chi connectivity index (χ2n) is 13.3. The SMILES string of the molecule is CC1=CC2C(=C1)C=CC1=C2CCCN1c1ccc([C@H](N(C)C(=O)C2CC(C)(C(C)(C)C)C2)C(C)(F)F)cc1. The van der Waals surface area contributed by atoms with Crippen LogP contribution < -0.4 is 4.90 Å². The number of benzene rings is 1. The number of nitrogens with zero attached hydrogens (tertiary/aromatic N) is 2. The summed E-state index contributed by atoms with van der Waals surface area (Å²) in [6, 6.07) is 6.16. The molecule has 3 nitrogen and oxygen atoms in total. The summed E-state index contributed by atoms with van der Waals surface area (Å²) in [6.07, 6.45) is 12.6. The van der Waals surface area contributed by atoms with Crippen LogP contribution in [0.25, 0.3) is 0 Å². The first-order valence-electron chi connectivity index (χ1n) is 14.0. The first-order chi connectivity index (χ1) is 17.7. The average Bonchev–Trinajstić information content (AvgIpc) is 3.21. The molecule has 1 heterocycles. The van der Waals surface area contributed by atoms with Gasteiger partial charge in [-0.05, 0) is 78.4 Å². The molecule has 0 aromatic heterocycles. The van der Waals surface area contributed by atoms with E-state index < -0.39 is 12.0 Å². The number of hydrogen-bond acceptors (Lipinski definition) is 2. The first kappa shape index (κ1) is 26.9. The second kappa shape index (κ2) is 9.20. The van der Waals surface area contributed by atoms with Crippen LogP contribution in [0.4, 0.5) is 14.5 Å². The van der Waals surface area contributed by atoms with Crippen molar-refractivity contribution in [2.75, 3.05) is 18.5 Å². The highest BCUT2D eigenvalue weighted by Crippen LogP contribution is 2.57. The van der Waals surface area contributed by atoms with Crippen LogP contribution in [0, 0.1) is 22.7 Å². The lowest BCUT2D eigenvalue weighted by molar-refractivity contribution is -0.157. The lowest BCUT2D eigenvalue weighted by Crippen LogP contribution is -2.52. The summed E-state index contributed by atoms with van der Waals surface area (Å²) in [5.41, 5.74) is 6.94. The molecule has 2 atom stereocenters. The Morgan fingerprint density at radius 1 is 1.11 bits per heavy atom. The van der Waals surface area contributed by atoms with E-state index in [0.29, 0.717) is 11.5 Å². The third-order valence-corrected chi connectivity index (χ3v) is 9.73. The van der Waals surface area contributed by atoms with Gasteiger partial charge in [0.25, 0.3) is 5.92 Å². The Kier molecular flexibility index (Phi) is 6.52. The predicted molar refractivity (Wildman–Crippen MR) is 151 cm³/mol. The molecule has 5 heteroatoms. The van der Waals surface area contributed by atoms with Crippen molar-refractivity contribution < 1.29 is 13.6 Å². The van der Waals surface area contributed by atoms with Gasteiger partial charge in [-0.15, -0.1) is 0 Å². The van der Waals surface area contributed by atoms with Gasteiger partial charge in [-0.3, -0.25) is 4.79 Å². The van der Waals surface area contributed by atoms with Gasteiger partial charge in [0, 0.05) is 43.7 Å². The van der Waals surface area contributed by atoms with Gasteiger partial charge < -0.3 is 9.80 Å². The molecule has 3 aliphatic carbocycles. The topological polar surface area (TPSA) is 23.6 Å². The Morgan fingerprint density at radius 2 is 1.76 bits per heavy atom. The van der Waals surface area contributed by atoms with E-state index in [2.05, 4.69) is 63.8 Å². The fraction of sp³-hybridized carbons (Fsp3) is 0.545. The van der Waals surface area contributed by atoms with Crippen LogP contribution in [0.3, 0.4) is 0 Å². The van der Waals surface area contributed by atoms with E-state index in [1.807, 2.05) is 12.1 Å². The Morgan fingerprint density at radius 3 is 2.37 bits per heavy atom. The Balaban J connectivity index is 1.37. The summed E-state index contributed by atoms with van der Waals surface area (Å²) < 4.78 is 30.0. The molecule has 0 radical (unpaired) electrons. The lowest BCUT2D eigenvalue weighted by Gasteiger charge is -2.54. The summed E-state index contributed by atoms with van der Waals surface area (Å²) in [5.74, 6) is -3.08. The van der Waals surface area contributed by atoms with E-state index in [0.717, 1.165) is 44.8 Å². The van der Waals surface area contributed by atoms with Crippen LogP contribution in [0.15, 0.2) is 71.0 Å². The van der Waals surface area contributed by atoms with E-state index in [9.17, 15) is 4.79 Å². The van der Waals surface area contributed by atoms with Crippen molar-refractivity contribution in [2.24, 2.45) is 22.7 Å². The Hall–Kier alpha value is -2.69. The maximum atomic E-state index is 15.0. The first-order valence-corrected chi connectivity index (χ1v) is 14.0. The van der Waals surface area contributed by atoms with Crippen molar-refractivity contribution >= 4 is 11.6 Å². The number of carbonyl (C=O) groups excluding carboxylic acids is 1. The molecule has 0 spiro atoms. The molecule has 1 amide bonds. The van der Waals surface area contributed by atoms with Gasteiger partial charge in [0.2, 0.25) is 5.91 Å². The minimum atomic E-state index is -3.06. The van der Waals surface area contributed by atoms with Crippen LogP contribution in [0.2, 0.25) is 0 Å². The Bertz CT molecular complexity index is 1230. The molecule has 1 aromatic rings. The van der Waals surface area contributed by atoms with Gasteiger partial charge in [-0.1, -0.05) is 63.6 Å². The predicted octanol–water partition coefficient (Wildman–Crippen LogP) is 8.23. The molecule has 0 N–H and O–H groups in total. The Labute approximate surface area is 227 Å². The molecular formula is C33H42F2N2O. The molecule has 1 saturated carbocycles. The fourth-order valence-electron chi connectivity index (χ4n) is 6.94. The highest BCUT2D eigenvalue weighted by atomic mass is 19.3. The number of alkyl halides is 2. The highest BCUT2D eigenvalue weighted by molar-refractivity contribution is 5.80. The van der Waals surface area contributed by atoms with Gasteiger partial charge in [0.15, 0.2) is 0 Å². The molecule has 38 heavy (non-hydrogen) atoms. The van der Waals surface area contributed by atoms with Crippen LogP contribution >= 0.6 is 0 Å². The van der Waals surface area contributed by atoms with E-state index >= 15 is 8.78 Å². The van der Waals surface area contributed by atoms with E-state index in [-0.39, 0.29) is 22.7 Å². The maximum Gasteiger partial charge on any atom is 0.269 e. The molecule has 5 rings (SSSR count). The van der Waals surface area contributed by atoms with Gasteiger partial charge in [-0.2, -0.15) is 0 Å². The summed E-state index contributed by atoms with van der Waals surface area (Å²) in [4.78, 5) is 17.0. The normalized spacial score (nSPS) is 27.8. The van der Waals surface area contributed by atoms with Crippen LogP contribution in [-0.4, -0.2) is 30.3 Å². The molecule has 0 saturated heterocycles. The zero-order chi connectivity index (χ0) is 27.6. The third-order valence-electron chi connectivity index (χ3n) is 9.73. The molecule has 0 bridgehead atoms. The quantitative estimate of drug-likeness (QED) is 0.390. The van der Waals surface area contributed by atoms with Crippen molar-refractivity contribution in [3.05, 3.63) is 76.5 Å². The fourth-order valence-corrected chi connectivity index (χ4v) is 6.94. The molecule has 204 valence electrons. The third kappa shape index (κ3) is 4.56. The zero-order valence-corrected chi connectivity index (χ0v) is 23.9. The number of hydrogen-bond donors (Lipinski definition) is 0.